The van der Waals surface area contributed by atoms with Crippen LogP contribution in [-0.2, 0) is 6.30 Å². The summed E-state index contributed by atoms with van der Waals surface area (Å²) < 4.78 is 35.9. The standard InChI is InChI=1S/C7H9F3N2/c1-5(2)6-3-4-12(11-6)7(8,9)10/h3-5H,1-2H3. The summed E-state index contributed by atoms with van der Waals surface area (Å²) in [6.07, 6.45) is -3.47. The molecule has 2 nitrogen and oxygen atoms in total. The number of aromatic nitrogens is 2. The zero-order valence-electron chi connectivity index (χ0n) is 6.76. The van der Waals surface area contributed by atoms with Crippen LogP contribution in [0.2, 0.25) is 0 Å². The summed E-state index contributed by atoms with van der Waals surface area (Å²) >= 11 is 0. The third-order valence-corrected chi connectivity index (χ3v) is 1.46. The van der Waals surface area contributed by atoms with Gasteiger partial charge in [0.05, 0.1) is 5.69 Å². The molecule has 0 aromatic carbocycles. The smallest absolute Gasteiger partial charge is 0.179 e. The topological polar surface area (TPSA) is 17.8 Å². The molecule has 0 radical (unpaired) electrons. The zero-order valence-corrected chi connectivity index (χ0v) is 6.76. The predicted octanol–water partition coefficient (Wildman–Crippen LogP) is 2.48. The van der Waals surface area contributed by atoms with E-state index in [2.05, 4.69) is 5.10 Å². The molecule has 1 aromatic heterocycles. The van der Waals surface area contributed by atoms with Gasteiger partial charge < -0.3 is 0 Å². The first-order chi connectivity index (χ1) is 5.41. The molecule has 0 aliphatic heterocycles. The highest BCUT2D eigenvalue weighted by Gasteiger charge is 2.31. The summed E-state index contributed by atoms with van der Waals surface area (Å²) in [7, 11) is 0. The molecule has 0 aliphatic carbocycles. The minimum atomic E-state index is -4.40. The Labute approximate surface area is 68.0 Å². The Bertz CT molecular complexity index is 262. The van der Waals surface area contributed by atoms with Gasteiger partial charge in [-0.25, -0.2) is 0 Å². The highest BCUT2D eigenvalue weighted by Crippen LogP contribution is 2.22. The van der Waals surface area contributed by atoms with Crippen LogP contribution in [0, 0.1) is 0 Å². The highest BCUT2D eigenvalue weighted by atomic mass is 19.4. The minimum Gasteiger partial charge on any atom is -0.179 e. The van der Waals surface area contributed by atoms with Gasteiger partial charge in [0.25, 0.3) is 0 Å². The lowest BCUT2D eigenvalue weighted by Crippen LogP contribution is -2.17. The van der Waals surface area contributed by atoms with Crippen LogP contribution in [0.15, 0.2) is 12.3 Å². The molecule has 0 aliphatic rings. The molecule has 0 amide bonds. The van der Waals surface area contributed by atoms with Crippen molar-refractivity contribution in [2.24, 2.45) is 0 Å². The Hall–Kier alpha value is -1.00. The summed E-state index contributed by atoms with van der Waals surface area (Å²) in [5, 5.41) is 3.37. The van der Waals surface area contributed by atoms with Crippen molar-refractivity contribution in [3.05, 3.63) is 18.0 Å². The van der Waals surface area contributed by atoms with Crippen molar-refractivity contribution in [1.82, 2.24) is 9.78 Å². The van der Waals surface area contributed by atoms with Gasteiger partial charge in [0.2, 0.25) is 0 Å². The molecule has 0 saturated carbocycles. The Balaban J connectivity index is 2.92. The maximum atomic E-state index is 12.0. The lowest BCUT2D eigenvalue weighted by molar-refractivity contribution is -0.212. The molecule has 1 heterocycles. The molecule has 0 bridgehead atoms. The normalized spacial score (nSPS) is 12.5. The van der Waals surface area contributed by atoms with Crippen molar-refractivity contribution < 1.29 is 13.2 Å². The lowest BCUT2D eigenvalue weighted by atomic mass is 10.1. The molecule has 1 aromatic rings. The Morgan fingerprint density at radius 1 is 1.42 bits per heavy atom. The molecule has 0 saturated heterocycles. The molecule has 0 spiro atoms. The number of alkyl halides is 3. The number of hydrogen-bond donors (Lipinski definition) is 0. The fraction of sp³-hybridized carbons (Fsp3) is 0.571. The van der Waals surface area contributed by atoms with Gasteiger partial charge in [-0.1, -0.05) is 13.8 Å². The molecular weight excluding hydrogens is 169 g/mol. The van der Waals surface area contributed by atoms with Gasteiger partial charge in [0.15, 0.2) is 0 Å². The first-order valence-electron chi connectivity index (χ1n) is 3.54. The van der Waals surface area contributed by atoms with Gasteiger partial charge in [-0.2, -0.15) is 9.78 Å². The van der Waals surface area contributed by atoms with Crippen LogP contribution < -0.4 is 0 Å². The molecular formula is C7H9F3N2. The van der Waals surface area contributed by atoms with Crippen molar-refractivity contribution in [3.63, 3.8) is 0 Å². The molecule has 1 rings (SSSR count). The van der Waals surface area contributed by atoms with E-state index in [1.54, 1.807) is 13.8 Å². The monoisotopic (exact) mass is 178 g/mol. The molecule has 0 unspecified atom stereocenters. The van der Waals surface area contributed by atoms with Crippen molar-refractivity contribution in [2.75, 3.05) is 0 Å². The van der Waals surface area contributed by atoms with Crippen molar-refractivity contribution in [2.45, 2.75) is 26.1 Å². The van der Waals surface area contributed by atoms with E-state index < -0.39 is 6.30 Å². The number of halogens is 3. The maximum Gasteiger partial charge on any atom is 0.504 e. The van der Waals surface area contributed by atoms with E-state index in [0.29, 0.717) is 5.69 Å². The maximum absolute atomic E-state index is 12.0. The fourth-order valence-electron chi connectivity index (χ4n) is 0.787. The van der Waals surface area contributed by atoms with Gasteiger partial charge in [-0.15, -0.1) is 13.2 Å². The average molecular weight is 178 g/mol. The van der Waals surface area contributed by atoms with E-state index in [1.165, 1.54) is 6.07 Å². The van der Waals surface area contributed by atoms with Gasteiger partial charge in [-0.05, 0) is 12.0 Å². The van der Waals surface area contributed by atoms with E-state index in [9.17, 15) is 13.2 Å². The zero-order chi connectivity index (χ0) is 9.35. The van der Waals surface area contributed by atoms with Gasteiger partial charge in [-0.3, -0.25) is 0 Å². The van der Waals surface area contributed by atoms with Crippen LogP contribution in [0.3, 0.4) is 0 Å². The summed E-state index contributed by atoms with van der Waals surface area (Å²) in [4.78, 5) is 0. The number of nitrogens with zero attached hydrogens (tertiary/aromatic N) is 2. The second-order valence-corrected chi connectivity index (χ2v) is 2.81. The van der Waals surface area contributed by atoms with E-state index in [1.807, 2.05) is 0 Å². The van der Waals surface area contributed by atoms with Crippen LogP contribution in [0.4, 0.5) is 13.2 Å². The molecule has 0 atom stereocenters. The SMILES string of the molecule is CC(C)c1ccn(C(F)(F)F)n1. The average Bonchev–Trinajstić information content (AvgIpc) is 2.30. The Kier molecular flexibility index (Phi) is 2.12. The van der Waals surface area contributed by atoms with Crippen LogP contribution >= 0.6 is 0 Å². The van der Waals surface area contributed by atoms with Crippen LogP contribution in [0.25, 0.3) is 0 Å². The van der Waals surface area contributed by atoms with Crippen LogP contribution in [0.5, 0.6) is 0 Å². The largest absolute Gasteiger partial charge is 0.504 e. The predicted molar refractivity (Wildman–Crippen MR) is 37.6 cm³/mol. The van der Waals surface area contributed by atoms with E-state index in [0.717, 1.165) is 6.20 Å². The second-order valence-electron chi connectivity index (χ2n) is 2.81. The first kappa shape index (κ1) is 9.09. The van der Waals surface area contributed by atoms with Crippen LogP contribution in [-0.4, -0.2) is 9.78 Å². The lowest BCUT2D eigenvalue weighted by Gasteiger charge is -2.05. The summed E-state index contributed by atoms with van der Waals surface area (Å²) in [6.45, 7) is 3.59. The molecule has 0 N–H and O–H groups in total. The van der Waals surface area contributed by atoms with E-state index >= 15 is 0 Å². The Morgan fingerprint density at radius 2 is 2.00 bits per heavy atom. The summed E-state index contributed by atoms with van der Waals surface area (Å²) in [6, 6.07) is 1.37. The third kappa shape index (κ3) is 1.78. The second kappa shape index (κ2) is 2.80. The van der Waals surface area contributed by atoms with Crippen molar-refractivity contribution >= 4 is 0 Å². The van der Waals surface area contributed by atoms with Crippen molar-refractivity contribution in [1.29, 1.82) is 0 Å². The molecule has 68 valence electrons. The van der Waals surface area contributed by atoms with E-state index in [-0.39, 0.29) is 10.6 Å². The molecule has 0 fully saturated rings. The molecule has 12 heavy (non-hydrogen) atoms. The highest BCUT2D eigenvalue weighted by molar-refractivity contribution is 5.03. The van der Waals surface area contributed by atoms with Gasteiger partial charge >= 0.3 is 6.30 Å². The molecule has 5 heteroatoms. The van der Waals surface area contributed by atoms with Gasteiger partial charge in [0, 0.05) is 6.20 Å². The fourth-order valence-corrected chi connectivity index (χ4v) is 0.787. The first-order valence-corrected chi connectivity index (χ1v) is 3.54. The quantitative estimate of drug-likeness (QED) is 0.646. The Morgan fingerprint density at radius 3 is 2.25 bits per heavy atom. The number of hydrogen-bond acceptors (Lipinski definition) is 1. The minimum absolute atomic E-state index is 0.0162. The number of rotatable bonds is 1. The summed E-state index contributed by atoms with van der Waals surface area (Å²) in [5.41, 5.74) is 0.451. The third-order valence-electron chi connectivity index (χ3n) is 1.46. The van der Waals surface area contributed by atoms with Crippen molar-refractivity contribution in [3.8, 4) is 0 Å². The van der Waals surface area contributed by atoms with Crippen LogP contribution in [0.1, 0.15) is 25.5 Å². The van der Waals surface area contributed by atoms with E-state index in [4.69, 9.17) is 0 Å². The van der Waals surface area contributed by atoms with Gasteiger partial charge in [0.1, 0.15) is 0 Å². The summed E-state index contributed by atoms with van der Waals surface area (Å²) in [5.74, 6) is 0.0219.